The number of halogens is 2. The summed E-state index contributed by atoms with van der Waals surface area (Å²) in [4.78, 5) is 19.7. The summed E-state index contributed by atoms with van der Waals surface area (Å²) in [5.41, 5.74) is 7.54. The zero-order valence-corrected chi connectivity index (χ0v) is 12.7. The molecule has 6 heteroatoms. The molecule has 2 aromatic heterocycles. The van der Waals surface area contributed by atoms with Gasteiger partial charge in [0.05, 0.1) is 5.56 Å². The van der Waals surface area contributed by atoms with Crippen LogP contribution in [0.4, 0.5) is 10.1 Å². The van der Waals surface area contributed by atoms with E-state index in [0.717, 1.165) is 4.47 Å². The summed E-state index contributed by atoms with van der Waals surface area (Å²) in [6.07, 6.45) is 3.16. The van der Waals surface area contributed by atoms with Crippen LogP contribution in [0.15, 0.2) is 35.1 Å². The van der Waals surface area contributed by atoms with Gasteiger partial charge in [0, 0.05) is 33.5 Å². The number of H-pyrrole nitrogens is 1. The predicted molar refractivity (Wildman–Crippen MR) is 82.8 cm³/mol. The molecule has 0 aliphatic carbocycles. The van der Waals surface area contributed by atoms with Gasteiger partial charge in [0.2, 0.25) is 0 Å². The van der Waals surface area contributed by atoms with Crippen molar-refractivity contribution in [3.63, 3.8) is 0 Å². The van der Waals surface area contributed by atoms with E-state index in [1.54, 1.807) is 19.2 Å². The number of ketones is 1. The number of anilines is 1. The van der Waals surface area contributed by atoms with E-state index in [1.807, 2.05) is 0 Å². The molecular formula is C15H11BrFN3O. The number of aromatic nitrogens is 2. The van der Waals surface area contributed by atoms with Crippen molar-refractivity contribution in [1.82, 2.24) is 9.97 Å². The smallest absolute Gasteiger partial charge is 0.198 e. The van der Waals surface area contributed by atoms with Gasteiger partial charge in [0.15, 0.2) is 5.78 Å². The van der Waals surface area contributed by atoms with Crippen molar-refractivity contribution in [3.8, 4) is 0 Å². The number of carbonyl (C=O) groups excluding carboxylic acids is 1. The lowest BCUT2D eigenvalue weighted by Crippen LogP contribution is -2.08. The van der Waals surface area contributed by atoms with E-state index in [1.165, 1.54) is 18.3 Å². The summed E-state index contributed by atoms with van der Waals surface area (Å²) in [6, 6.07) is 4.43. The second-order valence-electron chi connectivity index (χ2n) is 4.72. The first kappa shape index (κ1) is 13.8. The second-order valence-corrected chi connectivity index (χ2v) is 5.63. The fourth-order valence-electron chi connectivity index (χ4n) is 2.27. The van der Waals surface area contributed by atoms with Gasteiger partial charge in [-0.1, -0.05) is 0 Å². The Morgan fingerprint density at radius 1 is 1.43 bits per heavy atom. The number of hydrogen-bond donors (Lipinski definition) is 2. The number of nitrogens with one attached hydrogen (secondary N) is 1. The number of nitrogen functional groups attached to an aromatic ring is 1. The van der Waals surface area contributed by atoms with Gasteiger partial charge in [-0.05, 0) is 46.6 Å². The van der Waals surface area contributed by atoms with Crippen molar-refractivity contribution in [2.75, 3.05) is 5.73 Å². The molecule has 0 saturated heterocycles. The molecule has 0 unspecified atom stereocenters. The number of rotatable bonds is 2. The Balaban J connectivity index is 2.22. The lowest BCUT2D eigenvalue weighted by molar-refractivity contribution is 0.103. The number of nitrogens with two attached hydrogens (primary N) is 1. The highest BCUT2D eigenvalue weighted by molar-refractivity contribution is 9.10. The zero-order chi connectivity index (χ0) is 15.1. The van der Waals surface area contributed by atoms with Gasteiger partial charge < -0.3 is 10.7 Å². The summed E-state index contributed by atoms with van der Waals surface area (Å²) in [6.45, 7) is 1.63. The molecule has 0 saturated carbocycles. The van der Waals surface area contributed by atoms with Crippen molar-refractivity contribution in [2.24, 2.45) is 0 Å². The number of carbonyl (C=O) groups is 1. The molecule has 4 nitrogen and oxygen atoms in total. The fourth-order valence-corrected chi connectivity index (χ4v) is 2.61. The van der Waals surface area contributed by atoms with E-state index in [-0.39, 0.29) is 5.56 Å². The number of benzene rings is 1. The van der Waals surface area contributed by atoms with Crippen LogP contribution in [0.3, 0.4) is 0 Å². The third-order valence-corrected chi connectivity index (χ3v) is 3.86. The highest BCUT2D eigenvalue weighted by Gasteiger charge is 2.21. The highest BCUT2D eigenvalue weighted by Crippen LogP contribution is 2.27. The van der Waals surface area contributed by atoms with Gasteiger partial charge in [0.1, 0.15) is 11.5 Å². The van der Waals surface area contributed by atoms with Gasteiger partial charge in [-0.25, -0.2) is 9.37 Å². The summed E-state index contributed by atoms with van der Waals surface area (Å²) in [5.74, 6) is -0.993. The summed E-state index contributed by atoms with van der Waals surface area (Å²) in [7, 11) is 0. The van der Waals surface area contributed by atoms with Crippen LogP contribution in [-0.2, 0) is 0 Å². The molecule has 2 heterocycles. The minimum absolute atomic E-state index is 0.00382. The van der Waals surface area contributed by atoms with Crippen molar-refractivity contribution in [1.29, 1.82) is 0 Å². The maximum atomic E-state index is 14.0. The Hall–Kier alpha value is -2.21. The van der Waals surface area contributed by atoms with Crippen LogP contribution in [0.2, 0.25) is 0 Å². The van der Waals surface area contributed by atoms with Crippen LogP contribution in [0.1, 0.15) is 21.5 Å². The lowest BCUT2D eigenvalue weighted by atomic mass is 9.97. The molecule has 0 atom stereocenters. The molecule has 1 aromatic carbocycles. The minimum Gasteiger partial charge on any atom is -0.398 e. The normalized spacial score (nSPS) is 11.0. The monoisotopic (exact) mass is 347 g/mol. The first-order valence-electron chi connectivity index (χ1n) is 6.21. The molecule has 0 spiro atoms. The molecule has 21 heavy (non-hydrogen) atoms. The van der Waals surface area contributed by atoms with Crippen LogP contribution >= 0.6 is 15.9 Å². The Bertz CT molecular complexity index is 873. The van der Waals surface area contributed by atoms with Crippen molar-refractivity contribution in [2.45, 2.75) is 6.92 Å². The topological polar surface area (TPSA) is 71.8 Å². The second kappa shape index (κ2) is 4.96. The maximum Gasteiger partial charge on any atom is 0.198 e. The van der Waals surface area contributed by atoms with E-state index in [4.69, 9.17) is 5.73 Å². The van der Waals surface area contributed by atoms with E-state index in [2.05, 4.69) is 25.9 Å². The number of fused-ring (bicyclic) bond motifs is 1. The van der Waals surface area contributed by atoms with Crippen LogP contribution in [0, 0.1) is 12.7 Å². The SMILES string of the molecule is Cc1c(N)ccc(F)c1C(=O)c1c[nH]c2ncc(Br)cc12. The third-order valence-electron chi connectivity index (χ3n) is 3.43. The van der Waals surface area contributed by atoms with E-state index in [0.29, 0.717) is 27.8 Å². The molecule has 0 radical (unpaired) electrons. The van der Waals surface area contributed by atoms with Gasteiger partial charge in [-0.2, -0.15) is 0 Å². The van der Waals surface area contributed by atoms with Crippen molar-refractivity contribution in [3.05, 3.63) is 57.6 Å². The van der Waals surface area contributed by atoms with Gasteiger partial charge in [-0.15, -0.1) is 0 Å². The van der Waals surface area contributed by atoms with E-state index < -0.39 is 11.6 Å². The number of hydrogen-bond acceptors (Lipinski definition) is 3. The Labute approximate surface area is 128 Å². The van der Waals surface area contributed by atoms with E-state index >= 15 is 0 Å². The summed E-state index contributed by atoms with van der Waals surface area (Å²) < 4.78 is 14.8. The molecule has 106 valence electrons. The third kappa shape index (κ3) is 2.21. The molecule has 3 N–H and O–H groups in total. The molecule has 3 aromatic rings. The summed E-state index contributed by atoms with van der Waals surface area (Å²) in [5, 5.41) is 0.635. The molecule has 0 amide bonds. The van der Waals surface area contributed by atoms with Gasteiger partial charge >= 0.3 is 0 Å². The number of nitrogens with zero attached hydrogens (tertiary/aromatic N) is 1. The Morgan fingerprint density at radius 2 is 2.19 bits per heavy atom. The molecule has 3 rings (SSSR count). The van der Waals surface area contributed by atoms with E-state index in [9.17, 15) is 9.18 Å². The highest BCUT2D eigenvalue weighted by atomic mass is 79.9. The fraction of sp³-hybridized carbons (Fsp3) is 0.0667. The average molecular weight is 348 g/mol. The molecule has 0 bridgehead atoms. The quantitative estimate of drug-likeness (QED) is 0.549. The zero-order valence-electron chi connectivity index (χ0n) is 11.1. The molecule has 0 aliphatic heterocycles. The van der Waals surface area contributed by atoms with Crippen molar-refractivity contribution >= 4 is 38.4 Å². The Kier molecular flexibility index (Phi) is 3.25. The first-order valence-corrected chi connectivity index (χ1v) is 7.00. The lowest BCUT2D eigenvalue weighted by Gasteiger charge is -2.08. The largest absolute Gasteiger partial charge is 0.398 e. The molecule has 0 fully saturated rings. The predicted octanol–water partition coefficient (Wildman–Crippen LogP) is 3.59. The Morgan fingerprint density at radius 3 is 2.95 bits per heavy atom. The molecule has 0 aliphatic rings. The number of pyridine rings is 1. The van der Waals surface area contributed by atoms with Crippen LogP contribution in [-0.4, -0.2) is 15.8 Å². The molecular weight excluding hydrogens is 337 g/mol. The minimum atomic E-state index is -0.580. The van der Waals surface area contributed by atoms with Crippen LogP contribution in [0.25, 0.3) is 11.0 Å². The van der Waals surface area contributed by atoms with Crippen LogP contribution < -0.4 is 5.73 Å². The van der Waals surface area contributed by atoms with Gasteiger partial charge in [-0.3, -0.25) is 4.79 Å². The standard InChI is InChI=1S/C15H11BrFN3O/c1-7-12(18)3-2-11(17)13(7)14(21)10-6-20-15-9(10)4-8(16)5-19-15/h2-6H,18H2,1H3,(H,19,20). The number of aromatic amines is 1. The van der Waals surface area contributed by atoms with Gasteiger partial charge in [0.25, 0.3) is 0 Å². The van der Waals surface area contributed by atoms with Crippen LogP contribution in [0.5, 0.6) is 0 Å². The van der Waals surface area contributed by atoms with Crippen molar-refractivity contribution < 1.29 is 9.18 Å². The average Bonchev–Trinajstić information content (AvgIpc) is 2.86. The summed E-state index contributed by atoms with van der Waals surface area (Å²) >= 11 is 3.32. The first-order chi connectivity index (χ1) is 9.99. The maximum absolute atomic E-state index is 14.0.